The third-order valence-corrected chi connectivity index (χ3v) is 18.3. The summed E-state index contributed by atoms with van der Waals surface area (Å²) in [7, 11) is -8.35. The van der Waals surface area contributed by atoms with Gasteiger partial charge in [0.2, 0.25) is 17.2 Å². The fourth-order valence-corrected chi connectivity index (χ4v) is 12.9. The molecule has 2 heterocycles. The predicted molar refractivity (Wildman–Crippen MR) is 292 cm³/mol. The van der Waals surface area contributed by atoms with Crippen molar-refractivity contribution in [2.45, 2.75) is 116 Å². The lowest BCUT2D eigenvalue weighted by Gasteiger charge is -2.28. The zero-order valence-electron chi connectivity index (χ0n) is 43.4. The van der Waals surface area contributed by atoms with Crippen LogP contribution in [-0.4, -0.2) is 105 Å². The standard InChI is InChI=1S/C55H71BrN5O11PS/c1-7-59(8-2)40-29-31-44-49(34-40)72-50-35-41(60(9-3)10-4)30-32-45(50)52(44)42-20-17-18-21-43(42)55(65)61-33-19-22-47(61)54(64)58-46(37-74(67,68)69)48(62)23-15-13-14-16-24-51(63)57-36-38-25-27-39(28-26-38)53(56)73(66,70-11-5)71-12-6/h17-18,20-21,25-32,34-35,46-47,53H,7-16,19,22-24,33,36-37H2,1-6H3,(H2-,57,58,63,64,67,68,69). The number of hydrogen-bond acceptors (Lipinski definition) is 12. The predicted octanol–water partition coefficient (Wildman–Crippen LogP) is 9.38. The smallest absolute Gasteiger partial charge is 0.348 e. The van der Waals surface area contributed by atoms with Gasteiger partial charge in [0.1, 0.15) is 41.1 Å². The van der Waals surface area contributed by atoms with Crippen LogP contribution >= 0.6 is 23.5 Å². The van der Waals surface area contributed by atoms with Gasteiger partial charge in [0.25, 0.3) is 5.91 Å². The lowest BCUT2D eigenvalue weighted by atomic mass is 9.90. The van der Waals surface area contributed by atoms with Crippen LogP contribution in [0.4, 0.5) is 5.69 Å². The van der Waals surface area contributed by atoms with Crippen molar-refractivity contribution in [2.75, 3.05) is 56.6 Å². The normalized spacial score (nSPS) is 14.8. The molecule has 2 aliphatic heterocycles. The van der Waals surface area contributed by atoms with Gasteiger partial charge in [-0.05, 0) is 108 Å². The molecule has 0 radical (unpaired) electrons. The van der Waals surface area contributed by atoms with Gasteiger partial charge >= 0.3 is 7.60 Å². The van der Waals surface area contributed by atoms with Crippen LogP contribution in [0.1, 0.15) is 119 Å². The van der Waals surface area contributed by atoms with Gasteiger partial charge in [-0.1, -0.05) is 71.2 Å². The van der Waals surface area contributed by atoms with E-state index in [0.29, 0.717) is 61.1 Å². The quantitative estimate of drug-likeness (QED) is 0.0126. The van der Waals surface area contributed by atoms with E-state index in [4.69, 9.17) is 13.5 Å². The number of hydrogen-bond donors (Lipinski definition) is 2. The Labute approximate surface area is 444 Å². The first-order chi connectivity index (χ1) is 35.5. The Morgan fingerprint density at radius 2 is 1.54 bits per heavy atom. The first-order valence-corrected chi connectivity index (χ1v) is 30.0. The molecule has 3 aromatic carbocycles. The van der Waals surface area contributed by atoms with Crippen LogP contribution in [0.3, 0.4) is 0 Å². The molecule has 2 N–H and O–H groups in total. The van der Waals surface area contributed by atoms with Gasteiger partial charge in [0.15, 0.2) is 5.78 Å². The Bertz CT molecular complexity index is 2950. The molecule has 0 aromatic heterocycles. The number of likely N-dealkylation sites (tertiary alicyclic amines) is 1. The van der Waals surface area contributed by atoms with E-state index < -0.39 is 57.7 Å². The molecule has 1 fully saturated rings. The average molecular weight is 1120 g/mol. The summed E-state index contributed by atoms with van der Waals surface area (Å²) in [5.41, 5.74) is 5.84. The molecular weight excluding hydrogens is 1050 g/mol. The molecule has 3 amide bonds. The molecule has 400 valence electrons. The third kappa shape index (κ3) is 14.6. The largest absolute Gasteiger partial charge is 0.748 e. The van der Waals surface area contributed by atoms with Gasteiger partial charge in [-0.15, -0.1) is 0 Å². The van der Waals surface area contributed by atoms with Crippen LogP contribution in [0, 0.1) is 0 Å². The highest BCUT2D eigenvalue weighted by Crippen LogP contribution is 2.64. The van der Waals surface area contributed by atoms with Crippen LogP contribution in [0.2, 0.25) is 0 Å². The summed E-state index contributed by atoms with van der Waals surface area (Å²) < 4.78 is 68.6. The summed E-state index contributed by atoms with van der Waals surface area (Å²) in [5.74, 6) is -2.33. The number of carbonyl (C=O) groups is 4. The van der Waals surface area contributed by atoms with E-state index in [1.165, 1.54) is 4.90 Å². The Morgan fingerprint density at radius 3 is 2.19 bits per heavy atom. The molecule has 0 spiro atoms. The Balaban J connectivity index is 1.09. The zero-order valence-corrected chi connectivity index (χ0v) is 46.7. The number of carbonyl (C=O) groups excluding carboxylic acids is 4. The van der Waals surface area contributed by atoms with E-state index in [-0.39, 0.29) is 44.9 Å². The third-order valence-electron chi connectivity index (χ3n) is 13.5. The number of anilines is 1. The first kappa shape index (κ1) is 58.0. The van der Waals surface area contributed by atoms with Crippen molar-refractivity contribution in [1.29, 1.82) is 0 Å². The second-order valence-electron chi connectivity index (χ2n) is 18.3. The first-order valence-electron chi connectivity index (χ1n) is 25.9. The highest BCUT2D eigenvalue weighted by Gasteiger charge is 2.38. The number of nitrogens with one attached hydrogen (secondary N) is 2. The molecule has 6 rings (SSSR count). The Morgan fingerprint density at radius 1 is 0.865 bits per heavy atom. The monoisotopic (exact) mass is 1120 g/mol. The van der Waals surface area contributed by atoms with E-state index in [9.17, 15) is 36.7 Å². The van der Waals surface area contributed by atoms with Crippen LogP contribution in [0.5, 0.6) is 0 Å². The molecule has 74 heavy (non-hydrogen) atoms. The lowest BCUT2D eigenvalue weighted by Crippen LogP contribution is -2.52. The molecule has 1 aliphatic carbocycles. The van der Waals surface area contributed by atoms with Gasteiger partial charge < -0.3 is 38.5 Å². The van der Waals surface area contributed by atoms with E-state index in [1.54, 1.807) is 38.1 Å². The summed E-state index contributed by atoms with van der Waals surface area (Å²) in [5, 5.41) is 7.26. The highest BCUT2D eigenvalue weighted by atomic mass is 79.9. The van der Waals surface area contributed by atoms with E-state index >= 15 is 0 Å². The summed E-state index contributed by atoms with van der Waals surface area (Å²) in [4.78, 5) is 58.8. The van der Waals surface area contributed by atoms with Gasteiger partial charge in [-0.3, -0.25) is 23.7 Å². The molecule has 0 saturated carbocycles. The number of ketones is 1. The Hall–Kier alpha value is -5.23. The molecular formula is C55H71BrN5O11PS. The number of rotatable bonds is 27. The molecule has 3 aromatic rings. The summed E-state index contributed by atoms with van der Waals surface area (Å²) in [6.45, 7) is 16.1. The second kappa shape index (κ2) is 27.0. The number of alkyl halides is 1. The number of fused-ring (bicyclic) bond motifs is 2. The van der Waals surface area contributed by atoms with Gasteiger partial charge in [-0.2, -0.15) is 0 Å². The number of Topliss-reactive ketones (excluding diaryl/α,β-unsaturated/α-hetero) is 1. The number of unbranched alkanes of at least 4 members (excludes halogenated alkanes) is 3. The number of amides is 3. The minimum atomic E-state index is -4.94. The SMILES string of the molecule is CCOP(=O)(OCC)C(Br)c1ccc(CNC(=O)CCCCCCC(=O)C(CS(=O)(=O)[O-])NC(=O)C2CCCN2C(=O)c2ccccc2-c2c3ccc(=[N+](CC)CC)cc-3oc3cc(N(CC)CC)ccc23)cc1. The fourth-order valence-electron chi connectivity index (χ4n) is 9.65. The van der Waals surface area contributed by atoms with E-state index in [1.807, 2.05) is 48.5 Å². The zero-order chi connectivity index (χ0) is 53.6. The van der Waals surface area contributed by atoms with Crippen molar-refractivity contribution >= 4 is 73.8 Å². The van der Waals surface area contributed by atoms with Gasteiger partial charge in [0, 0.05) is 78.9 Å². The van der Waals surface area contributed by atoms with Crippen LogP contribution in [0.15, 0.2) is 89.3 Å². The molecule has 1 saturated heterocycles. The van der Waals surface area contributed by atoms with Crippen molar-refractivity contribution in [1.82, 2.24) is 20.1 Å². The van der Waals surface area contributed by atoms with E-state index in [2.05, 4.69) is 75.9 Å². The van der Waals surface area contributed by atoms with Crippen molar-refractivity contribution in [3.05, 3.63) is 107 Å². The van der Waals surface area contributed by atoms with Crippen molar-refractivity contribution in [3.63, 3.8) is 0 Å². The molecule has 3 aliphatic rings. The maximum atomic E-state index is 14.8. The van der Waals surface area contributed by atoms with Crippen molar-refractivity contribution < 1.29 is 50.2 Å². The summed E-state index contributed by atoms with van der Waals surface area (Å²) >= 11 is 3.46. The van der Waals surface area contributed by atoms with Crippen molar-refractivity contribution in [2.24, 2.45) is 0 Å². The number of halogens is 1. The molecule has 3 unspecified atom stereocenters. The maximum absolute atomic E-state index is 14.8. The van der Waals surface area contributed by atoms with E-state index in [0.717, 1.165) is 64.9 Å². The Kier molecular flexibility index (Phi) is 21.2. The van der Waals surface area contributed by atoms with Crippen LogP contribution in [-0.2, 0) is 44.7 Å². The van der Waals surface area contributed by atoms with Gasteiger partial charge in [-0.25, -0.2) is 13.0 Å². The lowest BCUT2D eigenvalue weighted by molar-refractivity contribution is -0.129. The maximum Gasteiger partial charge on any atom is 0.348 e. The average Bonchev–Trinajstić information content (AvgIpc) is 3.89. The topological polar surface area (TPSA) is 208 Å². The minimum absolute atomic E-state index is 0.0959. The van der Waals surface area contributed by atoms with Crippen molar-refractivity contribution in [3.8, 4) is 22.5 Å². The molecule has 0 bridgehead atoms. The molecule has 16 nitrogen and oxygen atoms in total. The minimum Gasteiger partial charge on any atom is -0.748 e. The second-order valence-corrected chi connectivity index (χ2v) is 23.5. The molecule has 3 atom stereocenters. The molecule has 19 heteroatoms. The van der Waals surface area contributed by atoms with Crippen LogP contribution < -0.4 is 25.5 Å². The number of benzene rings is 4. The van der Waals surface area contributed by atoms with Gasteiger partial charge in [0.05, 0.1) is 35.2 Å². The van der Waals surface area contributed by atoms with Crippen LogP contribution in [0.25, 0.3) is 33.4 Å². The number of nitrogens with zero attached hydrogens (tertiary/aromatic N) is 3. The fraction of sp³-hybridized carbons (Fsp3) is 0.473. The highest BCUT2D eigenvalue weighted by molar-refractivity contribution is 9.10. The summed E-state index contributed by atoms with van der Waals surface area (Å²) in [6.07, 6.45) is 2.96. The summed E-state index contributed by atoms with van der Waals surface area (Å²) in [6, 6.07) is 24.1.